The highest BCUT2D eigenvalue weighted by atomic mass is 32.2. The first kappa shape index (κ1) is 14.9. The largest absolute Gasteiger partial charge is 0.377 e. The smallest absolute Gasteiger partial charge is 0.153 e. The second-order valence-corrected chi connectivity index (χ2v) is 6.83. The van der Waals surface area contributed by atoms with E-state index in [1.54, 1.807) is 0 Å². The molecule has 0 bridgehead atoms. The van der Waals surface area contributed by atoms with E-state index in [-0.39, 0.29) is 23.7 Å². The topological polar surface area (TPSA) is 72.6 Å². The molecule has 17 heavy (non-hydrogen) atoms. The van der Waals surface area contributed by atoms with E-state index in [9.17, 15) is 8.42 Å². The zero-order valence-corrected chi connectivity index (χ0v) is 11.6. The highest BCUT2D eigenvalue weighted by molar-refractivity contribution is 7.91. The molecule has 0 aromatic carbocycles. The Balaban J connectivity index is 2.37. The van der Waals surface area contributed by atoms with Gasteiger partial charge in [-0.3, -0.25) is 4.90 Å². The summed E-state index contributed by atoms with van der Waals surface area (Å²) in [5.74, 6) is 0.550. The molecule has 1 fully saturated rings. The van der Waals surface area contributed by atoms with Crippen LogP contribution < -0.4 is 5.73 Å². The van der Waals surface area contributed by atoms with E-state index < -0.39 is 9.84 Å². The van der Waals surface area contributed by atoms with Gasteiger partial charge in [0.15, 0.2) is 9.84 Å². The third-order valence-electron chi connectivity index (χ3n) is 3.21. The van der Waals surface area contributed by atoms with Gasteiger partial charge in [0.1, 0.15) is 0 Å². The molecule has 1 heterocycles. The fourth-order valence-electron chi connectivity index (χ4n) is 2.18. The van der Waals surface area contributed by atoms with Crippen molar-refractivity contribution >= 4 is 9.84 Å². The van der Waals surface area contributed by atoms with Crippen LogP contribution in [-0.4, -0.2) is 63.2 Å². The SMILES string of the molecule is CCOC(CN)CCN1CCS(=O)(=O)CC1C. The van der Waals surface area contributed by atoms with Crippen molar-refractivity contribution < 1.29 is 13.2 Å². The third-order valence-corrected chi connectivity index (χ3v) is 5.01. The highest BCUT2D eigenvalue weighted by Crippen LogP contribution is 2.12. The predicted octanol–water partition coefficient (Wildman–Crippen LogP) is -0.141. The summed E-state index contributed by atoms with van der Waals surface area (Å²) in [6.07, 6.45) is 0.958. The van der Waals surface area contributed by atoms with Crippen molar-refractivity contribution in [1.29, 1.82) is 0 Å². The van der Waals surface area contributed by atoms with Gasteiger partial charge in [0.2, 0.25) is 0 Å². The molecular formula is C11H24N2O3S. The van der Waals surface area contributed by atoms with Crippen molar-refractivity contribution in [3.8, 4) is 0 Å². The van der Waals surface area contributed by atoms with Crippen molar-refractivity contribution in [2.24, 2.45) is 5.73 Å². The molecule has 1 aliphatic rings. The number of ether oxygens (including phenoxy) is 1. The quantitative estimate of drug-likeness (QED) is 0.723. The average Bonchev–Trinajstić information content (AvgIpc) is 2.25. The molecule has 0 aromatic heterocycles. The monoisotopic (exact) mass is 264 g/mol. The molecule has 102 valence electrons. The van der Waals surface area contributed by atoms with Gasteiger partial charge in [-0.05, 0) is 20.3 Å². The fraction of sp³-hybridized carbons (Fsp3) is 1.00. The van der Waals surface area contributed by atoms with E-state index >= 15 is 0 Å². The highest BCUT2D eigenvalue weighted by Gasteiger charge is 2.28. The molecule has 1 rings (SSSR count). The van der Waals surface area contributed by atoms with Crippen LogP contribution in [0.1, 0.15) is 20.3 Å². The molecule has 6 heteroatoms. The van der Waals surface area contributed by atoms with Crippen molar-refractivity contribution in [2.45, 2.75) is 32.4 Å². The lowest BCUT2D eigenvalue weighted by atomic mass is 10.2. The first-order chi connectivity index (χ1) is 7.98. The molecule has 0 amide bonds. The summed E-state index contributed by atoms with van der Waals surface area (Å²) in [6.45, 7) is 6.61. The van der Waals surface area contributed by atoms with Crippen LogP contribution in [0.2, 0.25) is 0 Å². The van der Waals surface area contributed by atoms with E-state index in [0.717, 1.165) is 13.0 Å². The minimum Gasteiger partial charge on any atom is -0.377 e. The van der Waals surface area contributed by atoms with Gasteiger partial charge >= 0.3 is 0 Å². The van der Waals surface area contributed by atoms with E-state index in [0.29, 0.717) is 19.7 Å². The summed E-state index contributed by atoms with van der Waals surface area (Å²) in [5, 5.41) is 0. The van der Waals surface area contributed by atoms with Crippen LogP contribution in [0, 0.1) is 0 Å². The molecule has 5 nitrogen and oxygen atoms in total. The van der Waals surface area contributed by atoms with Gasteiger partial charge in [0.25, 0.3) is 0 Å². The molecule has 2 N–H and O–H groups in total. The second-order valence-electron chi connectivity index (χ2n) is 4.60. The van der Waals surface area contributed by atoms with Crippen LogP contribution >= 0.6 is 0 Å². The van der Waals surface area contributed by atoms with Gasteiger partial charge in [0.05, 0.1) is 17.6 Å². The molecule has 0 aliphatic carbocycles. The first-order valence-electron chi connectivity index (χ1n) is 6.24. The molecule has 0 aromatic rings. The van der Waals surface area contributed by atoms with Crippen molar-refractivity contribution in [3.63, 3.8) is 0 Å². The van der Waals surface area contributed by atoms with Crippen LogP contribution in [-0.2, 0) is 14.6 Å². The Morgan fingerprint density at radius 2 is 2.24 bits per heavy atom. The number of nitrogens with zero attached hydrogens (tertiary/aromatic N) is 1. The van der Waals surface area contributed by atoms with E-state index in [2.05, 4.69) is 4.90 Å². The Morgan fingerprint density at radius 3 is 2.76 bits per heavy atom. The van der Waals surface area contributed by atoms with Crippen LogP contribution in [0.5, 0.6) is 0 Å². The van der Waals surface area contributed by atoms with Crippen LogP contribution in [0.3, 0.4) is 0 Å². The molecule has 1 aliphatic heterocycles. The zero-order valence-electron chi connectivity index (χ0n) is 10.8. The second kappa shape index (κ2) is 6.68. The maximum absolute atomic E-state index is 11.4. The molecule has 1 saturated heterocycles. The first-order valence-corrected chi connectivity index (χ1v) is 8.06. The summed E-state index contributed by atoms with van der Waals surface area (Å²) in [4.78, 5) is 2.21. The van der Waals surface area contributed by atoms with Crippen molar-refractivity contribution in [1.82, 2.24) is 4.90 Å². The lowest BCUT2D eigenvalue weighted by Crippen LogP contribution is -2.48. The predicted molar refractivity (Wildman–Crippen MR) is 68.8 cm³/mol. The normalized spacial score (nSPS) is 26.9. The van der Waals surface area contributed by atoms with E-state index in [4.69, 9.17) is 10.5 Å². The van der Waals surface area contributed by atoms with Crippen LogP contribution in [0.4, 0.5) is 0 Å². The molecule has 2 atom stereocenters. The van der Waals surface area contributed by atoms with Crippen molar-refractivity contribution in [2.75, 3.05) is 37.7 Å². The minimum atomic E-state index is -2.82. The van der Waals surface area contributed by atoms with Gasteiger partial charge < -0.3 is 10.5 Å². The summed E-state index contributed by atoms with van der Waals surface area (Å²) in [7, 11) is -2.82. The van der Waals surface area contributed by atoms with Crippen molar-refractivity contribution in [3.05, 3.63) is 0 Å². The lowest BCUT2D eigenvalue weighted by Gasteiger charge is -2.33. The van der Waals surface area contributed by atoms with Crippen LogP contribution in [0.25, 0.3) is 0 Å². The van der Waals surface area contributed by atoms with Gasteiger partial charge in [-0.1, -0.05) is 0 Å². The molecule has 0 spiro atoms. The Hall–Kier alpha value is -0.170. The Kier molecular flexibility index (Phi) is 5.85. The van der Waals surface area contributed by atoms with E-state index in [1.807, 2.05) is 13.8 Å². The van der Waals surface area contributed by atoms with E-state index in [1.165, 1.54) is 0 Å². The molecule has 0 radical (unpaired) electrons. The number of sulfone groups is 1. The van der Waals surface area contributed by atoms with Gasteiger partial charge in [-0.2, -0.15) is 0 Å². The van der Waals surface area contributed by atoms with Crippen LogP contribution in [0.15, 0.2) is 0 Å². The number of nitrogens with two attached hydrogens (primary N) is 1. The maximum atomic E-state index is 11.4. The Morgan fingerprint density at radius 1 is 1.53 bits per heavy atom. The number of hydrogen-bond donors (Lipinski definition) is 1. The summed E-state index contributed by atoms with van der Waals surface area (Å²) in [5.41, 5.74) is 5.61. The number of rotatable bonds is 6. The maximum Gasteiger partial charge on any atom is 0.153 e. The Labute approximate surface area is 104 Å². The fourth-order valence-corrected chi connectivity index (χ4v) is 3.81. The molecule has 0 saturated carbocycles. The molecular weight excluding hydrogens is 240 g/mol. The summed E-state index contributed by atoms with van der Waals surface area (Å²) >= 11 is 0. The van der Waals surface area contributed by atoms with Gasteiger partial charge in [-0.25, -0.2) is 8.42 Å². The average molecular weight is 264 g/mol. The lowest BCUT2D eigenvalue weighted by molar-refractivity contribution is 0.0517. The molecule has 2 unspecified atom stereocenters. The third kappa shape index (κ3) is 4.91. The van der Waals surface area contributed by atoms with Gasteiger partial charge in [-0.15, -0.1) is 0 Å². The minimum absolute atomic E-state index is 0.0886. The Bertz CT molecular complexity index is 319. The zero-order chi connectivity index (χ0) is 12.9. The standard InChI is InChI=1S/C11H24N2O3S/c1-3-16-11(8-12)4-5-13-6-7-17(14,15)9-10(13)2/h10-11H,3-9,12H2,1-2H3. The van der Waals surface area contributed by atoms with Gasteiger partial charge in [0, 0.05) is 32.3 Å². The summed E-state index contributed by atoms with van der Waals surface area (Å²) < 4.78 is 28.4. The summed E-state index contributed by atoms with van der Waals surface area (Å²) in [6, 6.07) is 0.105. The number of hydrogen-bond acceptors (Lipinski definition) is 5.